The number of nitro groups is 1. The molecule has 0 fully saturated rings. The Labute approximate surface area is 158 Å². The van der Waals surface area contributed by atoms with E-state index >= 15 is 0 Å². The van der Waals surface area contributed by atoms with Crippen molar-refractivity contribution in [2.45, 2.75) is 19.3 Å². The maximum absolute atomic E-state index is 12.2. The molecule has 1 amide bonds. The molecule has 8 heteroatoms. The van der Waals surface area contributed by atoms with Gasteiger partial charge in [-0.1, -0.05) is 12.1 Å². The zero-order valence-electron chi connectivity index (χ0n) is 14.2. The van der Waals surface area contributed by atoms with Crippen LogP contribution in [0.4, 0.5) is 5.69 Å². The minimum atomic E-state index is -0.454. The van der Waals surface area contributed by atoms with Crippen LogP contribution in [0.15, 0.2) is 52.0 Å². The van der Waals surface area contributed by atoms with E-state index in [4.69, 9.17) is 4.42 Å². The number of hydrazone groups is 1. The maximum Gasteiger partial charge on any atom is 0.281 e. The quantitative estimate of drug-likeness (QED) is 0.407. The third-order valence-electron chi connectivity index (χ3n) is 4.30. The lowest BCUT2D eigenvalue weighted by molar-refractivity contribution is -0.384. The first-order valence-corrected chi connectivity index (χ1v) is 9.21. The van der Waals surface area contributed by atoms with E-state index in [2.05, 4.69) is 10.5 Å². The Morgan fingerprint density at radius 3 is 2.96 bits per heavy atom. The van der Waals surface area contributed by atoms with Gasteiger partial charge in [-0.15, -0.1) is 11.3 Å². The van der Waals surface area contributed by atoms with Crippen LogP contribution >= 0.6 is 11.3 Å². The highest BCUT2D eigenvalue weighted by Crippen LogP contribution is 2.30. The number of hydrogen-bond acceptors (Lipinski definition) is 6. The number of non-ortho nitro benzene ring substituents is 1. The molecule has 1 aromatic carbocycles. The number of rotatable bonds is 5. The van der Waals surface area contributed by atoms with Crippen molar-refractivity contribution in [3.8, 4) is 11.3 Å². The molecule has 1 aliphatic carbocycles. The number of carbonyl (C=O) groups is 1. The van der Waals surface area contributed by atoms with Gasteiger partial charge < -0.3 is 4.42 Å². The van der Waals surface area contributed by atoms with E-state index in [0.717, 1.165) is 19.3 Å². The minimum Gasteiger partial charge on any atom is -0.455 e. The first-order valence-electron chi connectivity index (χ1n) is 8.40. The number of aryl methyl sites for hydroxylation is 2. The highest BCUT2D eigenvalue weighted by Gasteiger charge is 2.18. The molecule has 7 nitrogen and oxygen atoms in total. The number of furan rings is 1. The van der Waals surface area contributed by atoms with Gasteiger partial charge in [0.15, 0.2) is 0 Å². The van der Waals surface area contributed by atoms with Gasteiger partial charge in [-0.2, -0.15) is 5.10 Å². The Morgan fingerprint density at radius 1 is 1.26 bits per heavy atom. The van der Waals surface area contributed by atoms with Gasteiger partial charge in [0.1, 0.15) is 11.5 Å². The molecule has 0 aliphatic heterocycles. The molecule has 136 valence electrons. The molecular weight excluding hydrogens is 366 g/mol. The molecule has 0 saturated heterocycles. The number of hydrogen-bond donors (Lipinski definition) is 1. The molecule has 0 saturated carbocycles. The zero-order valence-corrected chi connectivity index (χ0v) is 15.0. The summed E-state index contributed by atoms with van der Waals surface area (Å²) in [6.07, 6.45) is 4.64. The predicted molar refractivity (Wildman–Crippen MR) is 102 cm³/mol. The Kier molecular flexibility index (Phi) is 4.55. The first kappa shape index (κ1) is 17.2. The van der Waals surface area contributed by atoms with Gasteiger partial charge >= 0.3 is 0 Å². The summed E-state index contributed by atoms with van der Waals surface area (Å²) < 4.78 is 5.62. The minimum absolute atomic E-state index is 0.00535. The molecule has 0 bridgehead atoms. The van der Waals surface area contributed by atoms with Crippen LogP contribution < -0.4 is 5.43 Å². The second kappa shape index (κ2) is 7.16. The molecule has 3 aromatic rings. The van der Waals surface area contributed by atoms with Crippen LogP contribution in [-0.4, -0.2) is 17.0 Å². The van der Waals surface area contributed by atoms with Crippen molar-refractivity contribution in [1.82, 2.24) is 5.43 Å². The van der Waals surface area contributed by atoms with Gasteiger partial charge in [-0.05, 0) is 43.0 Å². The monoisotopic (exact) mass is 381 g/mol. The molecule has 0 spiro atoms. The van der Waals surface area contributed by atoms with Crippen LogP contribution in [0.25, 0.3) is 11.3 Å². The SMILES string of the molecule is O=C(N/N=C\c1ccc(-c2cccc([N+](=O)[O-])c2)o1)c1cc2c(s1)CCC2. The van der Waals surface area contributed by atoms with E-state index in [-0.39, 0.29) is 11.6 Å². The summed E-state index contributed by atoms with van der Waals surface area (Å²) in [7, 11) is 0. The molecule has 2 heterocycles. The average molecular weight is 381 g/mol. The molecule has 1 N–H and O–H groups in total. The molecule has 27 heavy (non-hydrogen) atoms. The van der Waals surface area contributed by atoms with Gasteiger partial charge in [0.25, 0.3) is 11.6 Å². The molecular formula is C19H15N3O4S. The van der Waals surface area contributed by atoms with Crippen LogP contribution in [0.5, 0.6) is 0 Å². The van der Waals surface area contributed by atoms with Crippen molar-refractivity contribution in [3.05, 3.63) is 73.7 Å². The normalized spacial score (nSPS) is 13.0. The van der Waals surface area contributed by atoms with Crippen LogP contribution in [0.1, 0.15) is 32.3 Å². The van der Waals surface area contributed by atoms with Crippen molar-refractivity contribution in [2.75, 3.05) is 0 Å². The average Bonchev–Trinajstić information content (AvgIpc) is 3.37. The van der Waals surface area contributed by atoms with Crippen molar-refractivity contribution < 1.29 is 14.1 Å². The number of nitro benzene ring substituents is 1. The number of fused-ring (bicyclic) bond motifs is 1. The number of benzene rings is 1. The van der Waals surface area contributed by atoms with Crippen LogP contribution in [0.2, 0.25) is 0 Å². The summed E-state index contributed by atoms with van der Waals surface area (Å²) in [4.78, 5) is 24.5. The Hall–Kier alpha value is -3.26. The lowest BCUT2D eigenvalue weighted by Crippen LogP contribution is -2.16. The smallest absolute Gasteiger partial charge is 0.281 e. The largest absolute Gasteiger partial charge is 0.455 e. The van der Waals surface area contributed by atoms with E-state index in [9.17, 15) is 14.9 Å². The zero-order chi connectivity index (χ0) is 18.8. The van der Waals surface area contributed by atoms with Crippen molar-refractivity contribution in [2.24, 2.45) is 5.10 Å². The second-order valence-electron chi connectivity index (χ2n) is 6.12. The summed E-state index contributed by atoms with van der Waals surface area (Å²) in [6, 6.07) is 11.5. The van der Waals surface area contributed by atoms with Gasteiger partial charge in [-0.25, -0.2) is 5.43 Å². The van der Waals surface area contributed by atoms with E-state index < -0.39 is 4.92 Å². The number of carbonyl (C=O) groups excluding carboxylic acids is 1. The summed E-state index contributed by atoms with van der Waals surface area (Å²) in [5, 5.41) is 14.8. The Balaban J connectivity index is 1.42. The number of amides is 1. The third-order valence-corrected chi connectivity index (χ3v) is 5.53. The van der Waals surface area contributed by atoms with Gasteiger partial charge in [0.05, 0.1) is 16.0 Å². The summed E-state index contributed by atoms with van der Waals surface area (Å²) in [6.45, 7) is 0. The Morgan fingerprint density at radius 2 is 2.15 bits per heavy atom. The summed E-state index contributed by atoms with van der Waals surface area (Å²) in [5.41, 5.74) is 4.36. The van der Waals surface area contributed by atoms with Gasteiger partial charge in [-0.3, -0.25) is 14.9 Å². The highest BCUT2D eigenvalue weighted by atomic mass is 32.1. The lowest BCUT2D eigenvalue weighted by Gasteiger charge is -1.97. The van der Waals surface area contributed by atoms with E-state index in [0.29, 0.717) is 22.0 Å². The molecule has 0 unspecified atom stereocenters. The number of thiophene rings is 1. The van der Waals surface area contributed by atoms with E-state index in [1.165, 1.54) is 40.1 Å². The second-order valence-corrected chi connectivity index (χ2v) is 7.26. The fourth-order valence-electron chi connectivity index (χ4n) is 3.00. The molecule has 0 atom stereocenters. The number of nitrogens with zero attached hydrogens (tertiary/aromatic N) is 2. The van der Waals surface area contributed by atoms with Crippen molar-refractivity contribution >= 4 is 29.1 Å². The van der Waals surface area contributed by atoms with E-state index in [1.807, 2.05) is 6.07 Å². The molecule has 4 rings (SSSR count). The standard InChI is InChI=1S/C19H15N3O4S/c23-19(18-10-13-4-2-6-17(13)27-18)21-20-11-15-7-8-16(26-15)12-3-1-5-14(9-12)22(24)25/h1,3,5,7-11H,2,4,6H2,(H,21,23)/b20-11-. The molecule has 1 aliphatic rings. The van der Waals surface area contributed by atoms with Crippen LogP contribution in [0.3, 0.4) is 0 Å². The maximum atomic E-state index is 12.2. The van der Waals surface area contributed by atoms with Gasteiger partial charge in [0, 0.05) is 22.6 Å². The van der Waals surface area contributed by atoms with Crippen molar-refractivity contribution in [3.63, 3.8) is 0 Å². The topological polar surface area (TPSA) is 97.7 Å². The number of nitrogens with one attached hydrogen (secondary N) is 1. The predicted octanol–water partition coefficient (Wildman–Crippen LogP) is 4.17. The highest BCUT2D eigenvalue weighted by molar-refractivity contribution is 7.14. The molecule has 2 aromatic heterocycles. The fourth-order valence-corrected chi connectivity index (χ4v) is 4.14. The van der Waals surface area contributed by atoms with Crippen LogP contribution in [-0.2, 0) is 12.8 Å². The van der Waals surface area contributed by atoms with Gasteiger partial charge in [0.2, 0.25) is 0 Å². The fraction of sp³-hybridized carbons (Fsp3) is 0.158. The summed E-state index contributed by atoms with van der Waals surface area (Å²) in [5.74, 6) is 0.683. The third kappa shape index (κ3) is 3.65. The Bertz CT molecular complexity index is 1030. The van der Waals surface area contributed by atoms with Crippen LogP contribution in [0, 0.1) is 10.1 Å². The lowest BCUT2D eigenvalue weighted by atomic mass is 10.1. The molecule has 0 radical (unpaired) electrons. The first-order chi connectivity index (χ1) is 13.1. The summed E-state index contributed by atoms with van der Waals surface area (Å²) >= 11 is 1.52. The van der Waals surface area contributed by atoms with E-state index in [1.54, 1.807) is 24.3 Å². The van der Waals surface area contributed by atoms with Crippen molar-refractivity contribution in [1.29, 1.82) is 0 Å².